The van der Waals surface area contributed by atoms with Crippen LogP contribution in [0.25, 0.3) is 10.9 Å². The Kier molecular flexibility index (Phi) is 3.33. The third-order valence-electron chi connectivity index (χ3n) is 5.07. The maximum Gasteiger partial charge on any atom is 0.229 e. The monoisotopic (exact) mass is 320 g/mol. The maximum absolute atomic E-state index is 5.45. The molecule has 5 rings (SSSR count). The van der Waals surface area contributed by atoms with E-state index in [-0.39, 0.29) is 6.04 Å². The van der Waals surface area contributed by atoms with Crippen LogP contribution in [0.3, 0.4) is 0 Å². The molecule has 1 atom stereocenters. The van der Waals surface area contributed by atoms with Crippen molar-refractivity contribution >= 4 is 10.9 Å². The smallest absolute Gasteiger partial charge is 0.229 e. The normalized spacial score (nSPS) is 21.6. The third kappa shape index (κ3) is 2.59. The van der Waals surface area contributed by atoms with Gasteiger partial charge >= 0.3 is 0 Å². The van der Waals surface area contributed by atoms with E-state index in [9.17, 15) is 0 Å². The molecule has 1 aliphatic heterocycles. The molecule has 5 heteroatoms. The van der Waals surface area contributed by atoms with Crippen molar-refractivity contribution in [3.63, 3.8) is 0 Å². The van der Waals surface area contributed by atoms with Crippen molar-refractivity contribution in [1.29, 1.82) is 0 Å². The molecule has 1 aromatic carbocycles. The van der Waals surface area contributed by atoms with Crippen LogP contribution in [-0.2, 0) is 6.54 Å². The molecule has 3 aromatic rings. The number of para-hydroxylation sites is 1. The van der Waals surface area contributed by atoms with Gasteiger partial charge < -0.3 is 4.52 Å². The number of pyridine rings is 1. The van der Waals surface area contributed by atoms with Gasteiger partial charge in [0.15, 0.2) is 5.82 Å². The van der Waals surface area contributed by atoms with E-state index in [4.69, 9.17) is 9.51 Å². The number of likely N-dealkylation sites (tertiary alicyclic amines) is 1. The number of hydrogen-bond acceptors (Lipinski definition) is 5. The zero-order valence-corrected chi connectivity index (χ0v) is 13.6. The summed E-state index contributed by atoms with van der Waals surface area (Å²) in [5.74, 6) is 2.21. The quantitative estimate of drug-likeness (QED) is 0.731. The summed E-state index contributed by atoms with van der Waals surface area (Å²) in [6, 6.07) is 12.8. The summed E-state index contributed by atoms with van der Waals surface area (Å²) < 4.78 is 5.45. The van der Waals surface area contributed by atoms with Crippen LogP contribution < -0.4 is 0 Å². The molecule has 2 fully saturated rings. The predicted molar refractivity (Wildman–Crippen MR) is 90.4 cm³/mol. The second kappa shape index (κ2) is 5.67. The second-order valence-electron chi connectivity index (χ2n) is 6.89. The molecule has 2 aromatic heterocycles. The topological polar surface area (TPSA) is 55.1 Å². The van der Waals surface area contributed by atoms with Crippen LogP contribution in [0.5, 0.6) is 0 Å². The van der Waals surface area contributed by atoms with Crippen molar-refractivity contribution in [2.24, 2.45) is 0 Å². The first-order valence-corrected chi connectivity index (χ1v) is 8.79. The lowest BCUT2D eigenvalue weighted by Crippen LogP contribution is -2.24. The molecule has 0 N–H and O–H groups in total. The van der Waals surface area contributed by atoms with Crippen LogP contribution in [0.1, 0.15) is 55.1 Å². The summed E-state index contributed by atoms with van der Waals surface area (Å²) in [5, 5.41) is 5.44. The van der Waals surface area contributed by atoms with E-state index < -0.39 is 0 Å². The first kappa shape index (κ1) is 14.1. The van der Waals surface area contributed by atoms with Gasteiger partial charge in [0.1, 0.15) is 0 Å². The summed E-state index contributed by atoms with van der Waals surface area (Å²) in [6.45, 7) is 1.90. The molecule has 0 bridgehead atoms. The van der Waals surface area contributed by atoms with E-state index in [1.54, 1.807) is 0 Å². The largest absolute Gasteiger partial charge is 0.339 e. The minimum absolute atomic E-state index is 0.259. The molecule has 1 aliphatic carbocycles. The van der Waals surface area contributed by atoms with Crippen molar-refractivity contribution in [2.45, 2.75) is 44.2 Å². The number of aromatic nitrogens is 3. The van der Waals surface area contributed by atoms with Crippen molar-refractivity contribution < 1.29 is 4.52 Å². The Hall–Kier alpha value is -2.27. The van der Waals surface area contributed by atoms with Gasteiger partial charge in [0.2, 0.25) is 5.89 Å². The fourth-order valence-corrected chi connectivity index (χ4v) is 3.59. The van der Waals surface area contributed by atoms with Gasteiger partial charge in [0.25, 0.3) is 0 Å². The summed E-state index contributed by atoms with van der Waals surface area (Å²) in [5.41, 5.74) is 2.16. The molecule has 0 spiro atoms. The number of benzene rings is 1. The van der Waals surface area contributed by atoms with Gasteiger partial charge in [-0.2, -0.15) is 4.98 Å². The highest BCUT2D eigenvalue weighted by atomic mass is 16.5. The average molecular weight is 320 g/mol. The summed E-state index contributed by atoms with van der Waals surface area (Å²) in [6.07, 6.45) is 4.65. The Balaban J connectivity index is 1.37. The summed E-state index contributed by atoms with van der Waals surface area (Å²) in [4.78, 5) is 11.9. The molecule has 5 nitrogen and oxygen atoms in total. The Morgan fingerprint density at radius 3 is 2.88 bits per heavy atom. The standard InChI is InChI=1S/C19H20N4O/c1-2-5-16-13(4-1)9-10-15(20-16)12-23-11-3-6-17(23)18-21-19(24-22-18)14-7-8-14/h1-2,4-5,9-10,14,17H,3,6-8,11-12H2. The van der Waals surface area contributed by atoms with E-state index in [0.717, 1.165) is 42.4 Å². The van der Waals surface area contributed by atoms with Crippen molar-refractivity contribution in [1.82, 2.24) is 20.0 Å². The van der Waals surface area contributed by atoms with Gasteiger partial charge in [0.05, 0.1) is 17.3 Å². The lowest BCUT2D eigenvalue weighted by atomic mass is 10.2. The van der Waals surface area contributed by atoms with E-state index >= 15 is 0 Å². The van der Waals surface area contributed by atoms with Gasteiger partial charge in [0, 0.05) is 17.8 Å². The highest BCUT2D eigenvalue weighted by Crippen LogP contribution is 2.40. The van der Waals surface area contributed by atoms with Crippen LogP contribution >= 0.6 is 0 Å². The molecule has 3 heterocycles. The Bertz CT molecular complexity index is 870. The molecule has 1 unspecified atom stereocenters. The molecule has 0 radical (unpaired) electrons. The van der Waals surface area contributed by atoms with Gasteiger partial charge in [-0.15, -0.1) is 0 Å². The van der Waals surface area contributed by atoms with Gasteiger partial charge in [-0.1, -0.05) is 29.4 Å². The van der Waals surface area contributed by atoms with Crippen molar-refractivity contribution in [2.75, 3.05) is 6.54 Å². The van der Waals surface area contributed by atoms with E-state index in [0.29, 0.717) is 5.92 Å². The zero-order valence-electron chi connectivity index (χ0n) is 13.6. The fourth-order valence-electron chi connectivity index (χ4n) is 3.59. The Morgan fingerprint density at radius 2 is 1.96 bits per heavy atom. The fraction of sp³-hybridized carbons (Fsp3) is 0.421. The number of nitrogens with zero attached hydrogens (tertiary/aromatic N) is 4. The minimum atomic E-state index is 0.259. The lowest BCUT2D eigenvalue weighted by molar-refractivity contribution is 0.231. The van der Waals surface area contributed by atoms with Gasteiger partial charge in [-0.3, -0.25) is 9.88 Å². The minimum Gasteiger partial charge on any atom is -0.339 e. The molecule has 0 amide bonds. The highest BCUT2D eigenvalue weighted by Gasteiger charge is 2.34. The highest BCUT2D eigenvalue weighted by molar-refractivity contribution is 5.78. The van der Waals surface area contributed by atoms with Gasteiger partial charge in [-0.05, 0) is 44.4 Å². The molecular formula is C19H20N4O. The van der Waals surface area contributed by atoms with Crippen molar-refractivity contribution in [3.05, 3.63) is 53.8 Å². The SMILES string of the molecule is c1ccc2nc(CN3CCCC3c3noc(C4CC4)n3)ccc2c1. The van der Waals surface area contributed by atoms with E-state index in [2.05, 4.69) is 39.3 Å². The molecule has 1 saturated carbocycles. The first-order valence-electron chi connectivity index (χ1n) is 8.79. The number of fused-ring (bicyclic) bond motifs is 1. The van der Waals surface area contributed by atoms with Crippen LogP contribution in [0.2, 0.25) is 0 Å². The second-order valence-corrected chi connectivity index (χ2v) is 6.89. The van der Waals surface area contributed by atoms with Crippen LogP contribution in [0, 0.1) is 0 Å². The number of rotatable bonds is 4. The Morgan fingerprint density at radius 1 is 1.04 bits per heavy atom. The molecule has 122 valence electrons. The van der Waals surface area contributed by atoms with Crippen LogP contribution in [-0.4, -0.2) is 26.6 Å². The zero-order chi connectivity index (χ0) is 15.9. The molecular weight excluding hydrogens is 300 g/mol. The summed E-state index contributed by atoms with van der Waals surface area (Å²) >= 11 is 0. The Labute approximate surface area is 140 Å². The molecule has 1 saturated heterocycles. The maximum atomic E-state index is 5.45. The number of hydrogen-bond donors (Lipinski definition) is 0. The van der Waals surface area contributed by atoms with Gasteiger partial charge in [-0.25, -0.2) is 0 Å². The molecule has 24 heavy (non-hydrogen) atoms. The summed E-state index contributed by atoms with van der Waals surface area (Å²) in [7, 11) is 0. The predicted octanol–water partition coefficient (Wildman–Crippen LogP) is 3.83. The first-order chi connectivity index (χ1) is 11.9. The average Bonchev–Trinajstić information content (AvgIpc) is 3.16. The van der Waals surface area contributed by atoms with Crippen LogP contribution in [0.15, 0.2) is 40.9 Å². The lowest BCUT2D eigenvalue weighted by Gasteiger charge is -2.21. The third-order valence-corrected chi connectivity index (χ3v) is 5.07. The molecule has 2 aliphatic rings. The van der Waals surface area contributed by atoms with Crippen molar-refractivity contribution in [3.8, 4) is 0 Å². The van der Waals surface area contributed by atoms with Crippen LogP contribution in [0.4, 0.5) is 0 Å². The van der Waals surface area contributed by atoms with E-state index in [1.807, 2.05) is 12.1 Å². The van der Waals surface area contributed by atoms with E-state index in [1.165, 1.54) is 24.6 Å².